The van der Waals surface area contributed by atoms with Gasteiger partial charge >= 0.3 is 0 Å². The van der Waals surface area contributed by atoms with Gasteiger partial charge in [0.25, 0.3) is 0 Å². The molecule has 0 N–H and O–H groups in total. The Morgan fingerprint density at radius 3 is 1.07 bits per heavy atom. The molecular formula is C24H43FeP2-. The predicted molar refractivity (Wildman–Crippen MR) is 126 cm³/mol. The van der Waals surface area contributed by atoms with E-state index < -0.39 is 0 Å². The van der Waals surface area contributed by atoms with E-state index in [-0.39, 0.29) is 32.9 Å². The first-order chi connectivity index (χ1) is 11.4. The Hall–Kier alpha value is 0.599. The first-order valence-corrected chi connectivity index (χ1v) is 13.0. The maximum atomic E-state index is 3.83. The molecule has 0 radical (unpaired) electrons. The Balaban J connectivity index is 0.00000676. The van der Waals surface area contributed by atoms with Crippen LogP contribution in [0.2, 0.25) is 0 Å². The summed E-state index contributed by atoms with van der Waals surface area (Å²) in [6.45, 7) is 28.9. The van der Waals surface area contributed by atoms with Crippen LogP contribution in [-0.4, -0.2) is 20.6 Å². The van der Waals surface area contributed by atoms with Crippen molar-refractivity contribution in [3.05, 3.63) is 35.4 Å². The van der Waals surface area contributed by atoms with Crippen LogP contribution < -0.4 is 0 Å². The van der Waals surface area contributed by atoms with Crippen LogP contribution in [0.5, 0.6) is 0 Å². The average molecular weight is 449 g/mol. The Kier molecular flexibility index (Phi) is 9.82. The molecule has 1 aromatic rings. The number of benzene rings is 1. The molecule has 1 rings (SSSR count). The molecule has 0 unspecified atom stereocenters. The zero-order chi connectivity index (χ0) is 20.6. The molecule has 27 heavy (non-hydrogen) atoms. The van der Waals surface area contributed by atoms with Gasteiger partial charge in [-0.05, 0) is 32.9 Å². The zero-order valence-electron chi connectivity index (χ0n) is 19.9. The molecule has 3 heteroatoms. The van der Waals surface area contributed by atoms with Crippen molar-refractivity contribution in [1.29, 1.82) is 0 Å². The average Bonchev–Trinajstić information content (AvgIpc) is 2.37. The number of rotatable bonds is 4. The van der Waals surface area contributed by atoms with Crippen LogP contribution in [0.1, 0.15) is 94.2 Å². The van der Waals surface area contributed by atoms with Gasteiger partial charge in [-0.25, -0.2) is 0 Å². The second kappa shape index (κ2) is 9.61. The van der Waals surface area contributed by atoms with Crippen LogP contribution in [0.4, 0.5) is 0 Å². The molecule has 0 fully saturated rings. The molecule has 0 heterocycles. The van der Waals surface area contributed by atoms with E-state index in [0.29, 0.717) is 20.6 Å². The SMILES string of the molecule is CC(C)(C)P(Cc1[c-]c(CP(C(C)(C)C)C(C)(C)C)ccc1)C(C)(C)C.[Fe]. The molecular weight excluding hydrogens is 406 g/mol. The van der Waals surface area contributed by atoms with Crippen molar-refractivity contribution in [1.82, 2.24) is 0 Å². The molecule has 0 aliphatic carbocycles. The van der Waals surface area contributed by atoms with Gasteiger partial charge in [0.1, 0.15) is 0 Å². The summed E-state index contributed by atoms with van der Waals surface area (Å²) in [7, 11) is -0.246. The van der Waals surface area contributed by atoms with E-state index in [1.807, 2.05) is 0 Å². The smallest absolute Gasteiger partial charge is 0 e. The summed E-state index contributed by atoms with van der Waals surface area (Å²) in [6, 6.07) is 10.7. The summed E-state index contributed by atoms with van der Waals surface area (Å²) in [5.41, 5.74) is 2.83. The normalized spacial score (nSPS) is 13.9. The second-order valence-electron chi connectivity index (χ2n) is 11.6. The third kappa shape index (κ3) is 8.87. The summed E-state index contributed by atoms with van der Waals surface area (Å²) in [6.07, 6.45) is 2.36. The topological polar surface area (TPSA) is 0 Å². The molecule has 0 amide bonds. The van der Waals surface area contributed by atoms with Crippen molar-refractivity contribution in [2.45, 2.75) is 116 Å². The molecule has 0 aliphatic rings. The van der Waals surface area contributed by atoms with Crippen LogP contribution in [0.15, 0.2) is 18.2 Å². The van der Waals surface area contributed by atoms with Gasteiger partial charge in [0.05, 0.1) is 0 Å². The maximum Gasteiger partial charge on any atom is 0 e. The monoisotopic (exact) mass is 449 g/mol. The molecule has 158 valence electrons. The van der Waals surface area contributed by atoms with E-state index in [2.05, 4.69) is 107 Å². The van der Waals surface area contributed by atoms with E-state index in [1.165, 1.54) is 23.5 Å². The van der Waals surface area contributed by atoms with Crippen LogP contribution in [0, 0.1) is 6.07 Å². The van der Waals surface area contributed by atoms with Crippen molar-refractivity contribution in [3.63, 3.8) is 0 Å². The predicted octanol–water partition coefficient (Wildman–Crippen LogP) is 8.64. The molecule has 0 bridgehead atoms. The second-order valence-corrected chi connectivity index (χ2v) is 19.3. The van der Waals surface area contributed by atoms with Gasteiger partial charge in [0.2, 0.25) is 0 Å². The van der Waals surface area contributed by atoms with E-state index >= 15 is 0 Å². The summed E-state index contributed by atoms with van der Waals surface area (Å²) >= 11 is 0. The zero-order valence-corrected chi connectivity index (χ0v) is 22.8. The minimum atomic E-state index is -0.123. The molecule has 0 atom stereocenters. The first-order valence-electron chi connectivity index (χ1n) is 9.98. The van der Waals surface area contributed by atoms with E-state index in [4.69, 9.17) is 0 Å². The maximum absolute atomic E-state index is 3.83. The van der Waals surface area contributed by atoms with Crippen molar-refractivity contribution in [2.24, 2.45) is 0 Å². The van der Waals surface area contributed by atoms with Crippen LogP contribution in [0.3, 0.4) is 0 Å². The summed E-state index contributed by atoms with van der Waals surface area (Å²) in [4.78, 5) is 0. The molecule has 0 aliphatic heterocycles. The minimum Gasteiger partial charge on any atom is -0.176 e. The molecule has 0 saturated heterocycles. The fourth-order valence-corrected chi connectivity index (χ4v) is 11.0. The largest absolute Gasteiger partial charge is 0.176 e. The summed E-state index contributed by atoms with van der Waals surface area (Å²) in [5, 5.41) is 1.45. The van der Waals surface area contributed by atoms with E-state index in [0.717, 1.165) is 0 Å². The first kappa shape index (κ1) is 27.6. The minimum absolute atomic E-state index is 0. The molecule has 1 aromatic carbocycles. The molecule has 0 saturated carbocycles. The van der Waals surface area contributed by atoms with Crippen molar-refractivity contribution in [2.75, 3.05) is 0 Å². The van der Waals surface area contributed by atoms with Gasteiger partial charge in [-0.15, -0.1) is 0 Å². The summed E-state index contributed by atoms with van der Waals surface area (Å²) in [5.74, 6) is 0. The van der Waals surface area contributed by atoms with Crippen molar-refractivity contribution < 1.29 is 17.1 Å². The fraction of sp³-hybridized carbons (Fsp3) is 0.750. The van der Waals surface area contributed by atoms with Crippen LogP contribution in [0.25, 0.3) is 0 Å². The van der Waals surface area contributed by atoms with Gasteiger partial charge in [-0.1, -0.05) is 98.9 Å². The van der Waals surface area contributed by atoms with Crippen molar-refractivity contribution in [3.8, 4) is 0 Å². The van der Waals surface area contributed by atoms with Gasteiger partial charge in [0, 0.05) is 17.1 Å². The van der Waals surface area contributed by atoms with Gasteiger partial charge in [-0.3, -0.25) is 0 Å². The Labute approximate surface area is 184 Å². The number of hydrogen-bond donors (Lipinski definition) is 0. The molecule has 0 nitrogen and oxygen atoms in total. The standard InChI is InChI=1S/C24H43P2.Fe/c1-21(2,3)25(22(4,5)6)17-19-14-13-15-20(16-19)18-26(23(7,8)9)24(10,11)12;/h13-15H,17-18H2,1-12H3;/q-1;. The quantitative estimate of drug-likeness (QED) is 0.245. The van der Waals surface area contributed by atoms with E-state index in [1.54, 1.807) is 0 Å². The number of hydrogen-bond acceptors (Lipinski definition) is 0. The Bertz CT molecular complexity index is 503. The van der Waals surface area contributed by atoms with E-state index in [9.17, 15) is 0 Å². The van der Waals surface area contributed by atoms with Crippen LogP contribution in [-0.2, 0) is 29.4 Å². The van der Waals surface area contributed by atoms with Crippen LogP contribution >= 0.6 is 15.8 Å². The van der Waals surface area contributed by atoms with Gasteiger partial charge in [-0.2, -0.15) is 35.4 Å². The fourth-order valence-electron chi connectivity index (χ4n) is 4.06. The molecule has 0 spiro atoms. The third-order valence-corrected chi connectivity index (χ3v) is 12.6. The summed E-state index contributed by atoms with van der Waals surface area (Å²) < 4.78 is 0. The molecule has 0 aromatic heterocycles. The third-order valence-electron chi connectivity index (χ3n) is 4.81. The Morgan fingerprint density at radius 1 is 0.593 bits per heavy atom. The Morgan fingerprint density at radius 2 is 0.852 bits per heavy atom. The van der Waals surface area contributed by atoms with Gasteiger partial charge in [0.15, 0.2) is 0 Å². The van der Waals surface area contributed by atoms with Crippen molar-refractivity contribution >= 4 is 15.8 Å². The van der Waals surface area contributed by atoms with Gasteiger partial charge < -0.3 is 0 Å².